The number of methoxy groups -OCH3 is 2. The van der Waals surface area contributed by atoms with Gasteiger partial charge in [-0.15, -0.1) is 0 Å². The molecule has 0 aromatic heterocycles. The summed E-state index contributed by atoms with van der Waals surface area (Å²) in [5.74, 6) is 0.218. The highest BCUT2D eigenvalue weighted by Crippen LogP contribution is 2.28. The van der Waals surface area contributed by atoms with Gasteiger partial charge >= 0.3 is 0 Å². The Kier molecular flexibility index (Phi) is 11.8. The first-order chi connectivity index (χ1) is 18.9. The van der Waals surface area contributed by atoms with E-state index in [-0.39, 0.29) is 30.6 Å². The van der Waals surface area contributed by atoms with E-state index in [4.69, 9.17) is 14.2 Å². The molecule has 1 N–H and O–H groups in total. The van der Waals surface area contributed by atoms with Crippen molar-refractivity contribution in [1.29, 1.82) is 0 Å². The van der Waals surface area contributed by atoms with Gasteiger partial charge in [-0.05, 0) is 54.3 Å². The first kappa shape index (κ1) is 29.6. The summed E-state index contributed by atoms with van der Waals surface area (Å²) in [5, 5.41) is 2.98. The maximum atomic E-state index is 13.9. The summed E-state index contributed by atoms with van der Waals surface area (Å²) in [7, 11) is 3.09. The van der Waals surface area contributed by atoms with Crippen molar-refractivity contribution in [3.63, 3.8) is 0 Å². The molecule has 0 fully saturated rings. The van der Waals surface area contributed by atoms with Crippen LogP contribution in [-0.2, 0) is 33.7 Å². The first-order valence-electron chi connectivity index (χ1n) is 13.1. The molecule has 0 spiro atoms. The van der Waals surface area contributed by atoms with Crippen molar-refractivity contribution in [1.82, 2.24) is 10.2 Å². The minimum atomic E-state index is -0.780. The molecular weight excluding hydrogens is 499 g/mol. The molecule has 3 aromatic rings. The van der Waals surface area contributed by atoms with Crippen LogP contribution in [0.5, 0.6) is 11.5 Å². The number of carbonyl (C=O) groups excluding carboxylic acids is 2. The van der Waals surface area contributed by atoms with Gasteiger partial charge < -0.3 is 24.4 Å². The average molecular weight is 537 g/mol. The highest BCUT2D eigenvalue weighted by molar-refractivity contribution is 5.88. The quantitative estimate of drug-likeness (QED) is 0.288. The predicted octanol–water partition coefficient (Wildman–Crippen LogP) is 4.57. The number of benzene rings is 3. The summed E-state index contributed by atoms with van der Waals surface area (Å²) in [6.07, 6.45) is 1.04. The van der Waals surface area contributed by atoms with E-state index in [0.29, 0.717) is 44.1 Å². The van der Waals surface area contributed by atoms with Crippen LogP contribution >= 0.6 is 0 Å². The molecule has 8 heteroatoms. The lowest BCUT2D eigenvalue weighted by atomic mass is 10.0. The van der Waals surface area contributed by atoms with E-state index in [1.165, 1.54) is 19.2 Å². The van der Waals surface area contributed by atoms with Crippen LogP contribution in [0.3, 0.4) is 0 Å². The number of halogens is 1. The Balaban J connectivity index is 1.91. The zero-order valence-electron chi connectivity index (χ0n) is 22.8. The molecule has 0 heterocycles. The van der Waals surface area contributed by atoms with Gasteiger partial charge in [0.2, 0.25) is 11.8 Å². The zero-order chi connectivity index (χ0) is 28.0. The molecule has 7 nitrogen and oxygen atoms in total. The van der Waals surface area contributed by atoms with E-state index < -0.39 is 6.04 Å². The van der Waals surface area contributed by atoms with E-state index in [2.05, 4.69) is 5.32 Å². The van der Waals surface area contributed by atoms with Crippen LogP contribution < -0.4 is 14.8 Å². The Morgan fingerprint density at radius 1 is 0.897 bits per heavy atom. The number of amides is 2. The fourth-order valence-corrected chi connectivity index (χ4v) is 4.26. The Morgan fingerprint density at radius 3 is 2.26 bits per heavy atom. The molecule has 2 amide bonds. The van der Waals surface area contributed by atoms with E-state index >= 15 is 0 Å². The first-order valence-corrected chi connectivity index (χ1v) is 13.1. The van der Waals surface area contributed by atoms with Crippen LogP contribution in [-0.4, -0.2) is 56.7 Å². The molecule has 0 saturated heterocycles. The van der Waals surface area contributed by atoms with Crippen molar-refractivity contribution in [2.45, 2.75) is 38.8 Å². The van der Waals surface area contributed by atoms with Crippen LogP contribution in [0.2, 0.25) is 0 Å². The summed E-state index contributed by atoms with van der Waals surface area (Å²) >= 11 is 0. The summed E-state index contributed by atoms with van der Waals surface area (Å²) in [5.41, 5.74) is 2.37. The Labute approximate surface area is 229 Å². The highest BCUT2D eigenvalue weighted by atomic mass is 19.1. The normalized spacial score (nSPS) is 11.5. The van der Waals surface area contributed by atoms with Gasteiger partial charge in [-0.2, -0.15) is 0 Å². The fraction of sp³-hybridized carbons (Fsp3) is 0.355. The Morgan fingerprint density at radius 2 is 1.59 bits per heavy atom. The van der Waals surface area contributed by atoms with Crippen LogP contribution in [0.4, 0.5) is 4.39 Å². The summed E-state index contributed by atoms with van der Waals surface area (Å²) in [6, 6.07) is 20.1. The second kappa shape index (κ2) is 15.5. The Bertz CT molecular complexity index is 1190. The third-order valence-electron chi connectivity index (χ3n) is 6.31. The summed E-state index contributed by atoms with van der Waals surface area (Å²) < 4.78 is 29.7. The van der Waals surface area contributed by atoms with Crippen LogP contribution in [0.15, 0.2) is 72.8 Å². The molecule has 1 atom stereocenters. The molecule has 0 aliphatic carbocycles. The molecule has 3 rings (SSSR count). The number of carbonyl (C=O) groups is 2. The predicted molar refractivity (Wildman–Crippen MR) is 148 cm³/mol. The molecule has 0 aliphatic rings. The number of nitrogens with one attached hydrogen (secondary N) is 1. The van der Waals surface area contributed by atoms with Gasteiger partial charge in [0, 0.05) is 32.7 Å². The van der Waals surface area contributed by atoms with Crippen molar-refractivity contribution >= 4 is 11.8 Å². The lowest BCUT2D eigenvalue weighted by Crippen LogP contribution is -2.51. The third-order valence-corrected chi connectivity index (χ3v) is 6.31. The lowest BCUT2D eigenvalue weighted by Gasteiger charge is -2.32. The number of nitrogens with zero attached hydrogens (tertiary/aromatic N) is 1. The van der Waals surface area contributed by atoms with Gasteiger partial charge in [-0.25, -0.2) is 4.39 Å². The minimum absolute atomic E-state index is 0.0461. The smallest absolute Gasteiger partial charge is 0.243 e. The number of ether oxygens (including phenoxy) is 3. The molecule has 3 aromatic carbocycles. The maximum Gasteiger partial charge on any atom is 0.243 e. The van der Waals surface area contributed by atoms with E-state index in [0.717, 1.165) is 16.7 Å². The highest BCUT2D eigenvalue weighted by Gasteiger charge is 2.30. The standard InChI is InChI=1S/C31H37FN2O5/c1-4-39-18-8-17-33-31(36)27(19-23-9-6-5-7-10-23)34(22-24-11-14-26(32)15-12-24)30(35)21-25-13-16-28(37-2)29(20-25)38-3/h5-7,9-16,20,27H,4,8,17-19,21-22H2,1-3H3,(H,33,36)/t27-/m1/s1. The maximum absolute atomic E-state index is 13.9. The number of rotatable bonds is 15. The topological polar surface area (TPSA) is 77.1 Å². The molecule has 208 valence electrons. The van der Waals surface area contributed by atoms with Crippen LogP contribution in [0, 0.1) is 5.82 Å². The molecule has 0 radical (unpaired) electrons. The van der Waals surface area contributed by atoms with E-state index in [9.17, 15) is 14.0 Å². The molecular formula is C31H37FN2O5. The van der Waals surface area contributed by atoms with Crippen molar-refractivity contribution < 1.29 is 28.2 Å². The zero-order valence-corrected chi connectivity index (χ0v) is 22.8. The fourth-order valence-electron chi connectivity index (χ4n) is 4.26. The van der Waals surface area contributed by atoms with Gasteiger partial charge in [0.25, 0.3) is 0 Å². The van der Waals surface area contributed by atoms with Crippen LogP contribution in [0.1, 0.15) is 30.0 Å². The van der Waals surface area contributed by atoms with Crippen molar-refractivity contribution in [3.05, 3.63) is 95.3 Å². The largest absolute Gasteiger partial charge is 0.493 e. The molecule has 0 aliphatic heterocycles. The van der Waals surface area contributed by atoms with Gasteiger partial charge in [-0.3, -0.25) is 9.59 Å². The van der Waals surface area contributed by atoms with Crippen LogP contribution in [0.25, 0.3) is 0 Å². The van der Waals surface area contributed by atoms with Crippen molar-refractivity contribution in [2.75, 3.05) is 34.0 Å². The van der Waals surface area contributed by atoms with Gasteiger partial charge in [0.05, 0.1) is 20.6 Å². The Hall–Kier alpha value is -3.91. The SMILES string of the molecule is CCOCCCNC(=O)[C@@H](Cc1ccccc1)N(Cc1ccc(F)cc1)C(=O)Cc1ccc(OC)c(OC)c1. The number of hydrogen-bond donors (Lipinski definition) is 1. The summed E-state index contributed by atoms with van der Waals surface area (Å²) in [6.45, 7) is 3.65. The molecule has 0 saturated carbocycles. The monoisotopic (exact) mass is 536 g/mol. The van der Waals surface area contributed by atoms with Gasteiger partial charge in [0.1, 0.15) is 11.9 Å². The van der Waals surface area contributed by atoms with Gasteiger partial charge in [0.15, 0.2) is 11.5 Å². The van der Waals surface area contributed by atoms with Crippen molar-refractivity contribution in [3.8, 4) is 11.5 Å². The second-order valence-electron chi connectivity index (χ2n) is 9.06. The second-order valence-corrected chi connectivity index (χ2v) is 9.06. The summed E-state index contributed by atoms with van der Waals surface area (Å²) in [4.78, 5) is 29.0. The van der Waals surface area contributed by atoms with Crippen molar-refractivity contribution in [2.24, 2.45) is 0 Å². The van der Waals surface area contributed by atoms with E-state index in [1.54, 1.807) is 42.3 Å². The lowest BCUT2D eigenvalue weighted by molar-refractivity contribution is -0.140. The average Bonchev–Trinajstić information content (AvgIpc) is 2.96. The molecule has 39 heavy (non-hydrogen) atoms. The molecule has 0 unspecified atom stereocenters. The van der Waals surface area contributed by atoms with E-state index in [1.807, 2.05) is 37.3 Å². The minimum Gasteiger partial charge on any atom is -0.493 e. The van der Waals surface area contributed by atoms with Gasteiger partial charge in [-0.1, -0.05) is 48.5 Å². The number of hydrogen-bond acceptors (Lipinski definition) is 5. The molecule has 0 bridgehead atoms. The third kappa shape index (κ3) is 9.11.